The second-order valence-electron chi connectivity index (χ2n) is 5.25. The lowest BCUT2D eigenvalue weighted by Gasteiger charge is -2.23. The third kappa shape index (κ3) is 2.47. The van der Waals surface area contributed by atoms with Crippen molar-refractivity contribution in [2.75, 3.05) is 42.8 Å². The summed E-state index contributed by atoms with van der Waals surface area (Å²) < 4.78 is 0. The molecule has 1 saturated heterocycles. The van der Waals surface area contributed by atoms with E-state index >= 15 is 0 Å². The molecule has 0 bridgehead atoms. The Labute approximate surface area is 108 Å². The highest BCUT2D eigenvalue weighted by atomic mass is 15.4. The van der Waals surface area contributed by atoms with Crippen molar-refractivity contribution in [1.29, 1.82) is 0 Å². The quantitative estimate of drug-likeness (QED) is 0.870. The van der Waals surface area contributed by atoms with Crippen molar-refractivity contribution in [3.63, 3.8) is 0 Å². The molecule has 1 N–H and O–H groups in total. The molecule has 0 aromatic carbocycles. The maximum Gasteiger partial charge on any atom is 0.232 e. The van der Waals surface area contributed by atoms with E-state index in [9.17, 15) is 0 Å². The summed E-state index contributed by atoms with van der Waals surface area (Å²) in [5.74, 6) is 2.78. The van der Waals surface area contributed by atoms with E-state index in [1.807, 2.05) is 26.0 Å². The van der Waals surface area contributed by atoms with Crippen LogP contribution in [0.25, 0.3) is 0 Å². The van der Waals surface area contributed by atoms with Crippen LogP contribution in [0.3, 0.4) is 0 Å². The van der Waals surface area contributed by atoms with Crippen molar-refractivity contribution >= 4 is 17.8 Å². The molecular weight excluding hydrogens is 228 g/mol. The Balaban J connectivity index is 2.34. The van der Waals surface area contributed by atoms with Crippen molar-refractivity contribution in [1.82, 2.24) is 15.0 Å². The van der Waals surface area contributed by atoms with Crippen LogP contribution in [0, 0.1) is 5.92 Å². The molecule has 6 nitrogen and oxygen atoms in total. The van der Waals surface area contributed by atoms with Crippen molar-refractivity contribution in [2.24, 2.45) is 5.92 Å². The molecule has 0 spiro atoms. The summed E-state index contributed by atoms with van der Waals surface area (Å²) in [7, 11) is 5.71. The fraction of sp³-hybridized carbons (Fsp3) is 0.750. The van der Waals surface area contributed by atoms with Gasteiger partial charge in [-0.25, -0.2) is 0 Å². The van der Waals surface area contributed by atoms with E-state index in [0.29, 0.717) is 23.9 Å². The number of anilines is 3. The highest BCUT2D eigenvalue weighted by Crippen LogP contribution is 2.27. The summed E-state index contributed by atoms with van der Waals surface area (Å²) in [5.41, 5.74) is 0. The van der Waals surface area contributed by atoms with Gasteiger partial charge in [0.2, 0.25) is 17.8 Å². The first kappa shape index (κ1) is 12.9. The van der Waals surface area contributed by atoms with E-state index in [2.05, 4.69) is 39.0 Å². The maximum atomic E-state index is 4.54. The summed E-state index contributed by atoms with van der Waals surface area (Å²) in [6, 6.07) is 0.488. The van der Waals surface area contributed by atoms with E-state index in [-0.39, 0.29) is 0 Å². The molecular formula is C12H22N6. The van der Waals surface area contributed by atoms with Gasteiger partial charge in [0.1, 0.15) is 0 Å². The predicted molar refractivity (Wildman–Crippen MR) is 74.3 cm³/mol. The van der Waals surface area contributed by atoms with Crippen molar-refractivity contribution in [3.8, 4) is 0 Å². The van der Waals surface area contributed by atoms with Crippen LogP contribution in [0.2, 0.25) is 0 Å². The highest BCUT2D eigenvalue weighted by Gasteiger charge is 2.28. The Kier molecular flexibility index (Phi) is 3.54. The minimum Gasteiger partial charge on any atom is -0.357 e. The molecule has 1 aliphatic rings. The van der Waals surface area contributed by atoms with Crippen LogP contribution in [0.1, 0.15) is 20.3 Å². The number of hydrogen-bond donors (Lipinski definition) is 1. The summed E-state index contributed by atoms with van der Waals surface area (Å²) in [6.07, 6.45) is 1.19. The average Bonchev–Trinajstić information content (AvgIpc) is 2.67. The SMILES string of the molecule is CNc1nc(N(C)C)nc(N2CC(C)CC2C)n1. The van der Waals surface area contributed by atoms with Crippen LogP contribution in [0.15, 0.2) is 0 Å². The minimum absolute atomic E-state index is 0.488. The van der Waals surface area contributed by atoms with Crippen molar-refractivity contribution < 1.29 is 0 Å². The molecule has 100 valence electrons. The number of rotatable bonds is 3. The average molecular weight is 250 g/mol. The topological polar surface area (TPSA) is 57.2 Å². The number of aromatic nitrogens is 3. The largest absolute Gasteiger partial charge is 0.357 e. The Morgan fingerprint density at radius 1 is 1.22 bits per heavy atom. The van der Waals surface area contributed by atoms with Gasteiger partial charge in [0.15, 0.2) is 0 Å². The molecule has 1 aromatic heterocycles. The maximum absolute atomic E-state index is 4.54. The lowest BCUT2D eigenvalue weighted by Crippen LogP contribution is -2.30. The monoisotopic (exact) mass is 250 g/mol. The molecule has 0 aliphatic carbocycles. The third-order valence-corrected chi connectivity index (χ3v) is 3.28. The van der Waals surface area contributed by atoms with Gasteiger partial charge in [0.25, 0.3) is 0 Å². The first-order chi connectivity index (χ1) is 8.51. The minimum atomic E-state index is 0.488. The molecule has 2 heterocycles. The van der Waals surface area contributed by atoms with Gasteiger partial charge in [-0.05, 0) is 19.3 Å². The fourth-order valence-electron chi connectivity index (χ4n) is 2.37. The zero-order valence-corrected chi connectivity index (χ0v) is 11.8. The molecule has 18 heavy (non-hydrogen) atoms. The van der Waals surface area contributed by atoms with E-state index in [1.54, 1.807) is 0 Å². The standard InChI is InChI=1S/C12H22N6/c1-8-6-9(2)18(7-8)12-15-10(13-3)14-11(16-12)17(4)5/h8-9H,6-7H2,1-5H3,(H,13,14,15,16). The second-order valence-corrected chi connectivity index (χ2v) is 5.25. The molecule has 2 unspecified atom stereocenters. The number of hydrogen-bond acceptors (Lipinski definition) is 6. The second kappa shape index (κ2) is 4.96. The van der Waals surface area contributed by atoms with E-state index in [4.69, 9.17) is 0 Å². The van der Waals surface area contributed by atoms with E-state index in [1.165, 1.54) is 6.42 Å². The highest BCUT2D eigenvalue weighted by molar-refractivity contribution is 5.45. The van der Waals surface area contributed by atoms with Gasteiger partial charge in [0, 0.05) is 33.7 Å². The Bertz CT molecular complexity index is 419. The molecule has 0 amide bonds. The van der Waals surface area contributed by atoms with Crippen LogP contribution in [-0.4, -0.2) is 48.7 Å². The number of nitrogens with zero attached hydrogens (tertiary/aromatic N) is 5. The molecule has 0 radical (unpaired) electrons. The van der Waals surface area contributed by atoms with Crippen LogP contribution < -0.4 is 15.1 Å². The first-order valence-electron chi connectivity index (χ1n) is 6.39. The molecule has 6 heteroatoms. The molecule has 2 atom stereocenters. The Morgan fingerprint density at radius 3 is 2.44 bits per heavy atom. The molecule has 2 rings (SSSR count). The summed E-state index contributed by atoms with van der Waals surface area (Å²) in [4.78, 5) is 17.5. The summed E-state index contributed by atoms with van der Waals surface area (Å²) in [6.45, 7) is 5.51. The van der Waals surface area contributed by atoms with Crippen molar-refractivity contribution in [3.05, 3.63) is 0 Å². The van der Waals surface area contributed by atoms with Gasteiger partial charge in [-0.15, -0.1) is 0 Å². The van der Waals surface area contributed by atoms with Gasteiger partial charge in [-0.1, -0.05) is 6.92 Å². The zero-order chi connectivity index (χ0) is 13.3. The van der Waals surface area contributed by atoms with Gasteiger partial charge in [-0.3, -0.25) is 0 Å². The Morgan fingerprint density at radius 2 is 1.94 bits per heavy atom. The third-order valence-electron chi connectivity index (χ3n) is 3.28. The fourth-order valence-corrected chi connectivity index (χ4v) is 2.37. The van der Waals surface area contributed by atoms with Gasteiger partial charge in [0.05, 0.1) is 0 Å². The lowest BCUT2D eigenvalue weighted by molar-refractivity contribution is 0.624. The summed E-state index contributed by atoms with van der Waals surface area (Å²) >= 11 is 0. The summed E-state index contributed by atoms with van der Waals surface area (Å²) in [5, 5.41) is 3.00. The van der Waals surface area contributed by atoms with E-state index < -0.39 is 0 Å². The number of nitrogens with one attached hydrogen (secondary N) is 1. The van der Waals surface area contributed by atoms with Crippen LogP contribution >= 0.6 is 0 Å². The lowest BCUT2D eigenvalue weighted by atomic mass is 10.1. The molecule has 1 aromatic rings. The molecule has 0 saturated carbocycles. The van der Waals surface area contributed by atoms with E-state index in [0.717, 1.165) is 12.5 Å². The molecule has 1 aliphatic heterocycles. The van der Waals surface area contributed by atoms with Gasteiger partial charge in [-0.2, -0.15) is 15.0 Å². The van der Waals surface area contributed by atoms with Crippen LogP contribution in [-0.2, 0) is 0 Å². The smallest absolute Gasteiger partial charge is 0.232 e. The van der Waals surface area contributed by atoms with Gasteiger partial charge < -0.3 is 15.1 Å². The van der Waals surface area contributed by atoms with Crippen LogP contribution in [0.5, 0.6) is 0 Å². The van der Waals surface area contributed by atoms with Crippen LogP contribution in [0.4, 0.5) is 17.8 Å². The zero-order valence-electron chi connectivity index (χ0n) is 11.8. The first-order valence-corrected chi connectivity index (χ1v) is 6.39. The van der Waals surface area contributed by atoms with Crippen molar-refractivity contribution in [2.45, 2.75) is 26.3 Å². The molecule has 1 fully saturated rings. The predicted octanol–water partition coefficient (Wildman–Crippen LogP) is 1.21. The Hall–Kier alpha value is -1.59. The van der Waals surface area contributed by atoms with Gasteiger partial charge >= 0.3 is 0 Å². The normalized spacial score (nSPS) is 23.3.